The van der Waals surface area contributed by atoms with Crippen LogP contribution in [0.2, 0.25) is 0 Å². The van der Waals surface area contributed by atoms with Crippen molar-refractivity contribution < 1.29 is 18.3 Å². The van der Waals surface area contributed by atoms with E-state index in [4.69, 9.17) is 9.15 Å². The number of hydrazone groups is 1. The molecular formula is C20H14FN3O3S. The number of aromatic nitrogens is 1. The number of anilines is 1. The zero-order chi connectivity index (χ0) is 19.5. The molecule has 0 radical (unpaired) electrons. The van der Waals surface area contributed by atoms with Crippen molar-refractivity contribution in [2.75, 3.05) is 12.1 Å². The lowest BCUT2D eigenvalue weighted by Crippen LogP contribution is -2.25. The highest BCUT2D eigenvalue weighted by molar-refractivity contribution is 7.22. The van der Waals surface area contributed by atoms with E-state index < -0.39 is 11.7 Å². The van der Waals surface area contributed by atoms with Gasteiger partial charge >= 0.3 is 0 Å². The van der Waals surface area contributed by atoms with Crippen LogP contribution in [0.15, 0.2) is 70.4 Å². The molecule has 28 heavy (non-hydrogen) atoms. The lowest BCUT2D eigenvalue weighted by Gasteiger charge is -2.13. The number of hydrogen-bond donors (Lipinski definition) is 0. The van der Waals surface area contributed by atoms with E-state index in [0.717, 1.165) is 4.70 Å². The van der Waals surface area contributed by atoms with Crippen LogP contribution in [0, 0.1) is 5.82 Å². The van der Waals surface area contributed by atoms with Crippen molar-refractivity contribution in [2.24, 2.45) is 5.10 Å². The third-order valence-electron chi connectivity index (χ3n) is 3.89. The molecule has 0 atom stereocenters. The van der Waals surface area contributed by atoms with Crippen LogP contribution in [0.1, 0.15) is 16.1 Å². The molecule has 1 amide bonds. The number of carbonyl (C=O) groups is 1. The fourth-order valence-electron chi connectivity index (χ4n) is 2.49. The molecule has 140 valence electrons. The van der Waals surface area contributed by atoms with E-state index in [0.29, 0.717) is 22.2 Å². The lowest BCUT2D eigenvalue weighted by atomic mass is 10.2. The summed E-state index contributed by atoms with van der Waals surface area (Å²) in [5.41, 5.74) is 1.00. The third-order valence-corrected chi connectivity index (χ3v) is 4.89. The van der Waals surface area contributed by atoms with Crippen molar-refractivity contribution in [1.82, 2.24) is 4.98 Å². The van der Waals surface area contributed by atoms with E-state index in [9.17, 15) is 9.18 Å². The van der Waals surface area contributed by atoms with Crippen molar-refractivity contribution in [3.8, 4) is 5.75 Å². The second-order valence-electron chi connectivity index (χ2n) is 5.71. The molecule has 0 saturated carbocycles. The number of thiazole rings is 1. The van der Waals surface area contributed by atoms with E-state index in [2.05, 4.69) is 10.1 Å². The van der Waals surface area contributed by atoms with E-state index >= 15 is 0 Å². The Hall–Kier alpha value is -3.52. The van der Waals surface area contributed by atoms with E-state index in [1.807, 2.05) is 12.1 Å². The maximum Gasteiger partial charge on any atom is 0.280 e. The summed E-state index contributed by atoms with van der Waals surface area (Å²) in [5, 5.41) is 5.81. The Kier molecular flexibility index (Phi) is 4.86. The molecule has 0 N–H and O–H groups in total. The third kappa shape index (κ3) is 3.63. The first-order chi connectivity index (χ1) is 13.6. The van der Waals surface area contributed by atoms with Crippen molar-refractivity contribution >= 4 is 38.8 Å². The quantitative estimate of drug-likeness (QED) is 0.362. The number of ether oxygens (including phenoxy) is 1. The van der Waals surface area contributed by atoms with E-state index in [1.54, 1.807) is 25.3 Å². The zero-order valence-electron chi connectivity index (χ0n) is 14.7. The average molecular weight is 395 g/mol. The van der Waals surface area contributed by atoms with Crippen molar-refractivity contribution in [2.45, 2.75) is 0 Å². The number of rotatable bonds is 5. The van der Waals surface area contributed by atoms with Gasteiger partial charge in [-0.3, -0.25) is 4.79 Å². The molecule has 0 spiro atoms. The Morgan fingerprint density at radius 2 is 2.07 bits per heavy atom. The number of methoxy groups -OCH3 is 1. The molecule has 0 aliphatic rings. The van der Waals surface area contributed by atoms with Crippen LogP contribution in [0.3, 0.4) is 0 Å². The first kappa shape index (κ1) is 17.9. The van der Waals surface area contributed by atoms with Crippen LogP contribution >= 0.6 is 11.3 Å². The van der Waals surface area contributed by atoms with E-state index in [-0.39, 0.29) is 5.56 Å². The molecule has 6 nitrogen and oxygen atoms in total. The van der Waals surface area contributed by atoms with Crippen LogP contribution in [-0.2, 0) is 0 Å². The van der Waals surface area contributed by atoms with Gasteiger partial charge in [-0.1, -0.05) is 11.3 Å². The monoisotopic (exact) mass is 395 g/mol. The second kappa shape index (κ2) is 7.61. The number of carbonyl (C=O) groups excluding carboxylic acids is 1. The number of amides is 1. The van der Waals surface area contributed by atoms with Gasteiger partial charge in [0.25, 0.3) is 5.91 Å². The Morgan fingerprint density at radius 3 is 2.79 bits per heavy atom. The summed E-state index contributed by atoms with van der Waals surface area (Å²) in [4.78, 5) is 17.5. The summed E-state index contributed by atoms with van der Waals surface area (Å²) < 4.78 is 24.6. The SMILES string of the molecule is COc1ccc2nc(N(/N=C/c3ccco3)C(=O)c3ccc(F)cc3)sc2c1. The summed E-state index contributed by atoms with van der Waals surface area (Å²) in [7, 11) is 1.58. The predicted octanol–water partition coefficient (Wildman–Crippen LogP) is 4.72. The number of hydrogen-bond acceptors (Lipinski definition) is 6. The minimum atomic E-state index is -0.436. The molecule has 8 heteroatoms. The molecule has 0 unspecified atom stereocenters. The van der Waals surface area contributed by atoms with Gasteiger partial charge in [0.1, 0.15) is 17.3 Å². The van der Waals surface area contributed by atoms with Crippen LogP contribution in [0.5, 0.6) is 5.75 Å². The predicted molar refractivity (Wildman–Crippen MR) is 106 cm³/mol. The van der Waals surface area contributed by atoms with Gasteiger partial charge in [0.15, 0.2) is 0 Å². The minimum Gasteiger partial charge on any atom is -0.497 e. The standard InChI is InChI=1S/C20H14FN3O3S/c1-26-15-8-9-17-18(11-15)28-20(23-17)24(22-12-16-3-2-10-27-16)19(25)13-4-6-14(21)7-5-13/h2-12H,1H3/b22-12+. The molecule has 0 saturated heterocycles. The van der Waals surface area contributed by atoms with Crippen molar-refractivity contribution in [3.63, 3.8) is 0 Å². The smallest absolute Gasteiger partial charge is 0.280 e. The molecule has 0 fully saturated rings. The number of halogens is 1. The van der Waals surface area contributed by atoms with Crippen LogP contribution in [-0.4, -0.2) is 24.2 Å². The molecule has 4 aromatic rings. The summed E-state index contributed by atoms with van der Waals surface area (Å²) in [6.07, 6.45) is 2.94. The van der Waals surface area contributed by atoms with Gasteiger partial charge < -0.3 is 9.15 Å². The fraction of sp³-hybridized carbons (Fsp3) is 0.0500. The Bertz CT molecular complexity index is 1140. The summed E-state index contributed by atoms with van der Waals surface area (Å²) in [6.45, 7) is 0. The summed E-state index contributed by atoms with van der Waals surface area (Å²) >= 11 is 1.29. The van der Waals surface area contributed by atoms with Gasteiger partial charge in [0, 0.05) is 5.56 Å². The Labute approximate surface area is 163 Å². The van der Waals surface area contributed by atoms with Gasteiger partial charge in [0.05, 0.1) is 29.8 Å². The van der Waals surface area contributed by atoms with E-state index in [1.165, 1.54) is 53.1 Å². The molecule has 2 aromatic carbocycles. The molecule has 0 bridgehead atoms. The molecule has 0 aliphatic carbocycles. The largest absolute Gasteiger partial charge is 0.497 e. The first-order valence-electron chi connectivity index (χ1n) is 8.26. The number of fused-ring (bicyclic) bond motifs is 1. The minimum absolute atomic E-state index is 0.287. The lowest BCUT2D eigenvalue weighted by molar-refractivity contribution is 0.0988. The van der Waals surface area contributed by atoms with Crippen molar-refractivity contribution in [1.29, 1.82) is 0 Å². The Balaban J connectivity index is 1.75. The van der Waals surface area contributed by atoms with Gasteiger partial charge in [-0.2, -0.15) is 10.1 Å². The van der Waals surface area contributed by atoms with Gasteiger partial charge in [-0.15, -0.1) is 0 Å². The highest BCUT2D eigenvalue weighted by Crippen LogP contribution is 2.32. The zero-order valence-corrected chi connectivity index (χ0v) is 15.5. The molecule has 4 rings (SSSR count). The van der Waals surface area contributed by atoms with Gasteiger partial charge in [-0.25, -0.2) is 9.37 Å². The highest BCUT2D eigenvalue weighted by atomic mass is 32.1. The number of furan rings is 1. The summed E-state index contributed by atoms with van der Waals surface area (Å²) in [5.74, 6) is 0.320. The van der Waals surface area contributed by atoms with Crippen LogP contribution in [0.25, 0.3) is 10.2 Å². The maximum atomic E-state index is 13.2. The normalized spacial score (nSPS) is 11.2. The fourth-order valence-corrected chi connectivity index (χ4v) is 3.44. The van der Waals surface area contributed by atoms with Crippen molar-refractivity contribution in [3.05, 3.63) is 78.0 Å². The molecule has 2 heterocycles. The van der Waals surface area contributed by atoms with Gasteiger partial charge in [0.2, 0.25) is 5.13 Å². The molecule has 2 aromatic heterocycles. The van der Waals surface area contributed by atoms with Crippen LogP contribution < -0.4 is 9.75 Å². The maximum absolute atomic E-state index is 13.2. The number of benzene rings is 2. The number of nitrogens with zero attached hydrogens (tertiary/aromatic N) is 3. The van der Waals surface area contributed by atoms with Crippen LogP contribution in [0.4, 0.5) is 9.52 Å². The highest BCUT2D eigenvalue weighted by Gasteiger charge is 2.21. The molecule has 0 aliphatic heterocycles. The second-order valence-corrected chi connectivity index (χ2v) is 6.72. The molecular weight excluding hydrogens is 381 g/mol. The van der Waals surface area contributed by atoms with Gasteiger partial charge in [-0.05, 0) is 54.6 Å². The summed E-state index contributed by atoms with van der Waals surface area (Å²) in [6, 6.07) is 14.1. The Morgan fingerprint density at radius 1 is 1.25 bits per heavy atom. The average Bonchev–Trinajstić information content (AvgIpc) is 3.37. The first-order valence-corrected chi connectivity index (χ1v) is 9.08. The topological polar surface area (TPSA) is 67.9 Å².